The zero-order valence-electron chi connectivity index (χ0n) is 13.5. The quantitative estimate of drug-likeness (QED) is 0.609. The van der Waals surface area contributed by atoms with E-state index >= 15 is 0 Å². The van der Waals surface area contributed by atoms with Gasteiger partial charge in [-0.1, -0.05) is 13.8 Å². The van der Waals surface area contributed by atoms with Gasteiger partial charge in [0, 0.05) is 25.5 Å². The van der Waals surface area contributed by atoms with Crippen LogP contribution in [0.4, 0.5) is 0 Å². The number of aliphatic imine (C=N–C) groups is 1. The van der Waals surface area contributed by atoms with E-state index in [1.165, 1.54) is 5.56 Å². The second kappa shape index (κ2) is 8.58. The lowest BCUT2D eigenvalue weighted by molar-refractivity contribution is 0.503. The number of guanidine groups is 1. The molecule has 0 fully saturated rings. The molecule has 0 spiro atoms. The molecule has 0 aliphatic rings. The Hall–Kier alpha value is -1.82. The minimum Gasteiger partial charge on any atom is -0.357 e. The molecule has 2 rings (SSSR count). The van der Waals surface area contributed by atoms with Crippen LogP contribution < -0.4 is 10.6 Å². The highest BCUT2D eigenvalue weighted by Gasteiger charge is 2.06. The molecule has 0 aliphatic carbocycles. The normalized spacial score (nSPS) is 11.9. The molecule has 2 heterocycles. The smallest absolute Gasteiger partial charge is 0.191 e. The third-order valence-corrected chi connectivity index (χ3v) is 3.85. The van der Waals surface area contributed by atoms with Gasteiger partial charge < -0.3 is 15.2 Å². The fourth-order valence-corrected chi connectivity index (χ4v) is 2.78. The van der Waals surface area contributed by atoms with E-state index in [0.29, 0.717) is 19.0 Å². The lowest BCUT2D eigenvalue weighted by atomic mass is 10.2. The molecule has 0 saturated carbocycles. The summed E-state index contributed by atoms with van der Waals surface area (Å²) >= 11 is 1.70. The van der Waals surface area contributed by atoms with Crippen molar-refractivity contribution in [3.63, 3.8) is 0 Å². The fourth-order valence-electron chi connectivity index (χ4n) is 2.12. The van der Waals surface area contributed by atoms with Crippen molar-refractivity contribution in [2.24, 2.45) is 10.9 Å². The first-order valence-electron chi connectivity index (χ1n) is 7.72. The van der Waals surface area contributed by atoms with Crippen molar-refractivity contribution in [3.05, 3.63) is 40.6 Å². The summed E-state index contributed by atoms with van der Waals surface area (Å²) in [5, 5.41) is 10.8. The summed E-state index contributed by atoms with van der Waals surface area (Å²) in [5.41, 5.74) is 1.24. The summed E-state index contributed by atoms with van der Waals surface area (Å²) in [6, 6.07) is 2.10. The van der Waals surface area contributed by atoms with Gasteiger partial charge in [0.1, 0.15) is 5.82 Å². The average molecular weight is 319 g/mol. The second-order valence-electron chi connectivity index (χ2n) is 5.57. The SMILES string of the molecule is CCNC(=NCc1ccsc1)NCc1nccn1CC(C)C. The van der Waals surface area contributed by atoms with Crippen molar-refractivity contribution in [1.29, 1.82) is 0 Å². The van der Waals surface area contributed by atoms with Gasteiger partial charge in [0.05, 0.1) is 13.1 Å². The molecule has 6 heteroatoms. The molecule has 0 atom stereocenters. The summed E-state index contributed by atoms with van der Waals surface area (Å²) in [5.74, 6) is 2.47. The summed E-state index contributed by atoms with van der Waals surface area (Å²) in [4.78, 5) is 9.04. The Labute approximate surface area is 136 Å². The van der Waals surface area contributed by atoms with Crippen LogP contribution in [0.1, 0.15) is 32.2 Å². The number of nitrogens with zero attached hydrogens (tertiary/aromatic N) is 3. The highest BCUT2D eigenvalue weighted by molar-refractivity contribution is 7.07. The molecule has 0 radical (unpaired) electrons. The molecule has 2 N–H and O–H groups in total. The van der Waals surface area contributed by atoms with Gasteiger partial charge >= 0.3 is 0 Å². The van der Waals surface area contributed by atoms with Crippen molar-refractivity contribution in [2.75, 3.05) is 6.54 Å². The second-order valence-corrected chi connectivity index (χ2v) is 6.35. The van der Waals surface area contributed by atoms with Crippen molar-refractivity contribution in [2.45, 2.75) is 40.4 Å². The number of hydrogen-bond donors (Lipinski definition) is 2. The van der Waals surface area contributed by atoms with Crippen LogP contribution in [-0.2, 0) is 19.6 Å². The molecule has 0 unspecified atom stereocenters. The Morgan fingerprint density at radius 2 is 2.27 bits per heavy atom. The zero-order valence-corrected chi connectivity index (χ0v) is 14.4. The van der Waals surface area contributed by atoms with Gasteiger partial charge in [0.15, 0.2) is 5.96 Å². The number of aromatic nitrogens is 2. The monoisotopic (exact) mass is 319 g/mol. The molecule has 0 aliphatic heterocycles. The Morgan fingerprint density at radius 3 is 2.95 bits per heavy atom. The Bertz CT molecular complexity index is 571. The van der Waals surface area contributed by atoms with Crippen LogP contribution in [-0.4, -0.2) is 22.1 Å². The third kappa shape index (κ3) is 5.18. The molecule has 2 aromatic rings. The van der Waals surface area contributed by atoms with Gasteiger partial charge in [-0.3, -0.25) is 0 Å². The van der Waals surface area contributed by atoms with E-state index in [-0.39, 0.29) is 0 Å². The maximum absolute atomic E-state index is 4.61. The van der Waals surface area contributed by atoms with E-state index in [9.17, 15) is 0 Å². The molecular weight excluding hydrogens is 294 g/mol. The van der Waals surface area contributed by atoms with Crippen molar-refractivity contribution < 1.29 is 0 Å². The van der Waals surface area contributed by atoms with E-state index in [0.717, 1.165) is 24.9 Å². The van der Waals surface area contributed by atoms with Crippen LogP contribution in [0.2, 0.25) is 0 Å². The predicted octanol–water partition coefficient (Wildman–Crippen LogP) is 2.86. The Morgan fingerprint density at radius 1 is 1.41 bits per heavy atom. The lowest BCUT2D eigenvalue weighted by Crippen LogP contribution is -2.37. The predicted molar refractivity (Wildman–Crippen MR) is 93.0 cm³/mol. The van der Waals surface area contributed by atoms with Gasteiger partial charge in [-0.2, -0.15) is 11.3 Å². The standard InChI is InChI=1S/C16H25N5S/c1-4-17-16(19-9-14-5-8-22-12-14)20-10-15-18-6-7-21(15)11-13(2)3/h5-8,12-13H,4,9-11H2,1-3H3,(H2,17,19,20). The molecule has 0 saturated heterocycles. The zero-order chi connectivity index (χ0) is 15.8. The fraction of sp³-hybridized carbons (Fsp3) is 0.500. The molecule has 120 valence electrons. The molecule has 0 amide bonds. The minimum atomic E-state index is 0.605. The Balaban J connectivity index is 1.94. The molecule has 0 bridgehead atoms. The summed E-state index contributed by atoms with van der Waals surface area (Å²) in [6.07, 6.45) is 3.89. The Kier molecular flexibility index (Phi) is 6.45. The first kappa shape index (κ1) is 16.5. The average Bonchev–Trinajstić information content (AvgIpc) is 3.13. The van der Waals surface area contributed by atoms with Gasteiger partial charge in [0.2, 0.25) is 0 Å². The summed E-state index contributed by atoms with van der Waals surface area (Å²) in [6.45, 7) is 9.69. The first-order valence-corrected chi connectivity index (χ1v) is 8.66. The van der Waals surface area contributed by atoms with Gasteiger partial charge in [0.25, 0.3) is 0 Å². The molecule has 2 aromatic heterocycles. The molecule has 5 nitrogen and oxygen atoms in total. The highest BCUT2D eigenvalue weighted by Crippen LogP contribution is 2.07. The first-order chi connectivity index (χ1) is 10.7. The minimum absolute atomic E-state index is 0.605. The van der Waals surface area contributed by atoms with Crippen LogP contribution in [0.25, 0.3) is 0 Å². The van der Waals surface area contributed by atoms with Crippen LogP contribution in [0.15, 0.2) is 34.2 Å². The lowest BCUT2D eigenvalue weighted by Gasteiger charge is -2.13. The van der Waals surface area contributed by atoms with Gasteiger partial charge in [-0.05, 0) is 35.2 Å². The van der Waals surface area contributed by atoms with Gasteiger partial charge in [-0.15, -0.1) is 0 Å². The number of imidazole rings is 1. The van der Waals surface area contributed by atoms with Crippen molar-refractivity contribution in [3.8, 4) is 0 Å². The van der Waals surface area contributed by atoms with Crippen LogP contribution >= 0.6 is 11.3 Å². The van der Waals surface area contributed by atoms with E-state index in [2.05, 4.69) is 62.8 Å². The topological polar surface area (TPSA) is 54.2 Å². The highest BCUT2D eigenvalue weighted by atomic mass is 32.1. The van der Waals surface area contributed by atoms with E-state index in [4.69, 9.17) is 0 Å². The van der Waals surface area contributed by atoms with Crippen molar-refractivity contribution in [1.82, 2.24) is 20.2 Å². The van der Waals surface area contributed by atoms with E-state index in [1.54, 1.807) is 11.3 Å². The maximum atomic E-state index is 4.61. The number of nitrogens with one attached hydrogen (secondary N) is 2. The van der Waals surface area contributed by atoms with Crippen LogP contribution in [0.3, 0.4) is 0 Å². The number of thiophene rings is 1. The maximum Gasteiger partial charge on any atom is 0.191 e. The molecule has 0 aromatic carbocycles. The summed E-state index contributed by atoms with van der Waals surface area (Å²) in [7, 11) is 0. The third-order valence-electron chi connectivity index (χ3n) is 3.12. The van der Waals surface area contributed by atoms with Crippen molar-refractivity contribution >= 4 is 17.3 Å². The number of rotatable bonds is 7. The number of hydrogen-bond acceptors (Lipinski definition) is 3. The van der Waals surface area contributed by atoms with Crippen LogP contribution in [0, 0.1) is 5.92 Å². The van der Waals surface area contributed by atoms with Gasteiger partial charge in [-0.25, -0.2) is 9.98 Å². The summed E-state index contributed by atoms with van der Waals surface area (Å²) < 4.78 is 2.19. The van der Waals surface area contributed by atoms with Crippen LogP contribution in [0.5, 0.6) is 0 Å². The van der Waals surface area contributed by atoms with E-state index in [1.807, 2.05) is 12.4 Å². The van der Waals surface area contributed by atoms with E-state index < -0.39 is 0 Å². The largest absolute Gasteiger partial charge is 0.357 e. The molecule has 22 heavy (non-hydrogen) atoms. The molecular formula is C16H25N5S.